The number of amidine groups is 1. The first-order chi connectivity index (χ1) is 11.8. The lowest BCUT2D eigenvalue weighted by atomic mass is 9.96. The fraction of sp³-hybridized carbons (Fsp3) is 0.444. The normalized spacial score (nSPS) is 24.4. The number of nitrogens with one attached hydrogen (secondary N) is 1. The van der Waals surface area contributed by atoms with Gasteiger partial charge in [0.05, 0.1) is 10.9 Å². The molecule has 1 aromatic rings. The second-order valence-electron chi connectivity index (χ2n) is 6.19. The minimum atomic E-state index is -0.0792. The van der Waals surface area contributed by atoms with Crippen LogP contribution < -0.4 is 14.8 Å². The molecule has 3 aliphatic rings. The highest BCUT2D eigenvalue weighted by Gasteiger charge is 2.25. The average molecular weight is 344 g/mol. The van der Waals surface area contributed by atoms with Gasteiger partial charge < -0.3 is 14.8 Å². The topological polar surface area (TPSA) is 59.9 Å². The third-order valence-corrected chi connectivity index (χ3v) is 5.31. The Labute approximate surface area is 145 Å². The largest absolute Gasteiger partial charge is 0.486 e. The summed E-state index contributed by atoms with van der Waals surface area (Å²) in [6.07, 6.45) is 7.90. The number of carbonyl (C=O) groups excluding carboxylic acids is 1. The third kappa shape index (κ3) is 3.43. The van der Waals surface area contributed by atoms with Gasteiger partial charge in [0.25, 0.3) is 5.91 Å². The molecule has 24 heavy (non-hydrogen) atoms. The Morgan fingerprint density at radius 1 is 1.12 bits per heavy atom. The minimum Gasteiger partial charge on any atom is -0.486 e. The maximum Gasteiger partial charge on any atom is 0.264 e. The van der Waals surface area contributed by atoms with Gasteiger partial charge in [-0.05, 0) is 48.4 Å². The summed E-state index contributed by atoms with van der Waals surface area (Å²) in [5, 5.41) is 3.62. The van der Waals surface area contributed by atoms with E-state index < -0.39 is 0 Å². The summed E-state index contributed by atoms with van der Waals surface area (Å²) in [5.74, 6) is 1.41. The summed E-state index contributed by atoms with van der Waals surface area (Å²) in [7, 11) is 0. The van der Waals surface area contributed by atoms with Crippen molar-refractivity contribution in [1.82, 2.24) is 5.32 Å². The number of ether oxygens (including phenoxy) is 2. The number of thioether (sulfide) groups is 1. The Morgan fingerprint density at radius 2 is 1.92 bits per heavy atom. The molecule has 5 nitrogen and oxygen atoms in total. The molecule has 0 spiro atoms. The molecule has 1 aliphatic carbocycles. The van der Waals surface area contributed by atoms with E-state index in [1.807, 2.05) is 24.3 Å². The lowest BCUT2D eigenvalue weighted by Gasteiger charge is -2.18. The van der Waals surface area contributed by atoms with Crippen molar-refractivity contribution in [2.45, 2.75) is 38.1 Å². The van der Waals surface area contributed by atoms with Crippen molar-refractivity contribution in [2.24, 2.45) is 4.99 Å². The van der Waals surface area contributed by atoms with E-state index in [-0.39, 0.29) is 5.91 Å². The first-order valence-electron chi connectivity index (χ1n) is 8.46. The predicted octanol–water partition coefficient (Wildman–Crippen LogP) is 3.35. The van der Waals surface area contributed by atoms with E-state index in [2.05, 4.69) is 5.32 Å². The van der Waals surface area contributed by atoms with Gasteiger partial charge in [0.15, 0.2) is 16.7 Å². The Kier molecular flexibility index (Phi) is 4.47. The highest BCUT2D eigenvalue weighted by atomic mass is 32.2. The number of aliphatic imine (C=N–C) groups is 1. The lowest BCUT2D eigenvalue weighted by molar-refractivity contribution is -0.115. The van der Waals surface area contributed by atoms with E-state index in [0.29, 0.717) is 24.2 Å². The van der Waals surface area contributed by atoms with Gasteiger partial charge in [-0.1, -0.05) is 25.3 Å². The van der Waals surface area contributed by atoms with Crippen LogP contribution in [-0.2, 0) is 4.79 Å². The van der Waals surface area contributed by atoms with Crippen LogP contribution in [0.5, 0.6) is 11.5 Å². The fourth-order valence-corrected chi connectivity index (χ4v) is 4.06. The molecule has 0 aromatic heterocycles. The highest BCUT2D eigenvalue weighted by molar-refractivity contribution is 8.18. The highest BCUT2D eigenvalue weighted by Crippen LogP contribution is 2.33. The second kappa shape index (κ2) is 6.89. The van der Waals surface area contributed by atoms with E-state index >= 15 is 0 Å². The van der Waals surface area contributed by atoms with Gasteiger partial charge >= 0.3 is 0 Å². The van der Waals surface area contributed by atoms with Crippen LogP contribution in [0, 0.1) is 0 Å². The smallest absolute Gasteiger partial charge is 0.264 e. The molecule has 4 rings (SSSR count). The van der Waals surface area contributed by atoms with Crippen LogP contribution in [0.15, 0.2) is 28.1 Å². The van der Waals surface area contributed by atoms with Gasteiger partial charge in [-0.15, -0.1) is 0 Å². The fourth-order valence-electron chi connectivity index (χ4n) is 3.17. The van der Waals surface area contributed by atoms with Crippen LogP contribution in [0.1, 0.15) is 37.7 Å². The van der Waals surface area contributed by atoms with Gasteiger partial charge in [0, 0.05) is 0 Å². The minimum absolute atomic E-state index is 0.0792. The van der Waals surface area contributed by atoms with Crippen molar-refractivity contribution in [3.8, 4) is 11.5 Å². The molecule has 0 atom stereocenters. The molecule has 2 fully saturated rings. The van der Waals surface area contributed by atoms with Crippen molar-refractivity contribution < 1.29 is 14.3 Å². The van der Waals surface area contributed by atoms with E-state index in [9.17, 15) is 4.79 Å². The van der Waals surface area contributed by atoms with Crippen LogP contribution >= 0.6 is 11.8 Å². The molecule has 2 aliphatic heterocycles. The number of carbonyl (C=O) groups is 1. The molecule has 0 bridgehead atoms. The zero-order valence-electron chi connectivity index (χ0n) is 13.4. The first kappa shape index (κ1) is 15.6. The molecule has 1 amide bonds. The van der Waals surface area contributed by atoms with Crippen LogP contribution in [0.4, 0.5) is 0 Å². The van der Waals surface area contributed by atoms with Crippen molar-refractivity contribution in [3.63, 3.8) is 0 Å². The maximum absolute atomic E-state index is 12.2. The average Bonchev–Trinajstić information content (AvgIpc) is 2.95. The molecule has 1 saturated heterocycles. The van der Waals surface area contributed by atoms with Gasteiger partial charge in [-0.2, -0.15) is 0 Å². The van der Waals surface area contributed by atoms with Crippen LogP contribution in [0.25, 0.3) is 6.08 Å². The number of rotatable bonds is 2. The zero-order valence-corrected chi connectivity index (χ0v) is 14.2. The quantitative estimate of drug-likeness (QED) is 0.836. The lowest BCUT2D eigenvalue weighted by Crippen LogP contribution is -2.22. The molecular weight excluding hydrogens is 324 g/mol. The number of nitrogens with zero attached hydrogens (tertiary/aromatic N) is 1. The van der Waals surface area contributed by atoms with E-state index in [0.717, 1.165) is 35.1 Å². The van der Waals surface area contributed by atoms with Crippen molar-refractivity contribution in [1.29, 1.82) is 0 Å². The Balaban J connectivity index is 1.50. The Hall–Kier alpha value is -1.95. The summed E-state index contributed by atoms with van der Waals surface area (Å²) in [6.45, 7) is 1.13. The number of hydrogen-bond acceptors (Lipinski definition) is 5. The molecule has 1 aromatic carbocycles. The van der Waals surface area contributed by atoms with Gasteiger partial charge in [0.1, 0.15) is 13.2 Å². The van der Waals surface area contributed by atoms with Crippen LogP contribution in [0.3, 0.4) is 0 Å². The van der Waals surface area contributed by atoms with Gasteiger partial charge in [0.2, 0.25) is 0 Å². The SMILES string of the molecule is O=C1NC(=NC2CCCCC2)S/C1=C\c1ccc2c(c1)OCCO2. The van der Waals surface area contributed by atoms with E-state index in [1.54, 1.807) is 0 Å². The summed E-state index contributed by atoms with van der Waals surface area (Å²) in [4.78, 5) is 17.6. The molecule has 1 N–H and O–H groups in total. The standard InChI is InChI=1S/C18H20N2O3S/c21-17-16(24-18(20-17)19-13-4-2-1-3-5-13)11-12-6-7-14-15(10-12)23-9-8-22-14/h6-7,10-11,13H,1-5,8-9H2,(H,19,20,21)/b16-11-. The molecule has 126 valence electrons. The molecule has 2 heterocycles. The number of amides is 1. The van der Waals surface area contributed by atoms with Gasteiger partial charge in [-0.3, -0.25) is 9.79 Å². The van der Waals surface area contributed by atoms with Crippen LogP contribution in [0.2, 0.25) is 0 Å². The summed E-state index contributed by atoms with van der Waals surface area (Å²) in [6, 6.07) is 6.08. The molecule has 6 heteroatoms. The van der Waals surface area contributed by atoms with Crippen molar-refractivity contribution in [2.75, 3.05) is 13.2 Å². The zero-order chi connectivity index (χ0) is 16.4. The van der Waals surface area contributed by atoms with E-state index in [4.69, 9.17) is 14.5 Å². The Morgan fingerprint density at radius 3 is 2.75 bits per heavy atom. The summed E-state index contributed by atoms with van der Waals surface area (Å²) < 4.78 is 11.1. The number of benzene rings is 1. The van der Waals surface area contributed by atoms with Crippen molar-refractivity contribution in [3.05, 3.63) is 28.7 Å². The molecular formula is C18H20N2O3S. The van der Waals surface area contributed by atoms with Crippen LogP contribution in [-0.4, -0.2) is 30.3 Å². The molecule has 0 radical (unpaired) electrons. The van der Waals surface area contributed by atoms with Gasteiger partial charge in [-0.25, -0.2) is 0 Å². The summed E-state index contributed by atoms with van der Waals surface area (Å²) in [5.41, 5.74) is 0.927. The Bertz CT molecular complexity index is 708. The van der Waals surface area contributed by atoms with E-state index in [1.165, 1.54) is 31.0 Å². The van der Waals surface area contributed by atoms with Crippen molar-refractivity contribution >= 4 is 28.9 Å². The maximum atomic E-state index is 12.2. The molecule has 0 unspecified atom stereocenters. The number of hydrogen-bond donors (Lipinski definition) is 1. The first-order valence-corrected chi connectivity index (χ1v) is 9.28. The number of fused-ring (bicyclic) bond motifs is 1. The summed E-state index contributed by atoms with van der Waals surface area (Å²) >= 11 is 1.42. The predicted molar refractivity (Wildman–Crippen MR) is 95.5 cm³/mol. The monoisotopic (exact) mass is 344 g/mol. The molecule has 1 saturated carbocycles. The second-order valence-corrected chi connectivity index (χ2v) is 7.22. The third-order valence-electron chi connectivity index (χ3n) is 4.39.